The zero-order valence-electron chi connectivity index (χ0n) is 5.90. The number of hydrogen-bond donors (Lipinski definition) is 0. The number of nitrogens with zero attached hydrogens (tertiary/aromatic N) is 4. The summed E-state index contributed by atoms with van der Waals surface area (Å²) in [5.74, 6) is 0. The van der Waals surface area contributed by atoms with Crippen molar-refractivity contribution in [3.8, 4) is 0 Å². The zero-order chi connectivity index (χ0) is 8.55. The van der Waals surface area contributed by atoms with Crippen LogP contribution in [0.4, 0.5) is 0 Å². The number of aromatic nitrogens is 4. The second kappa shape index (κ2) is 2.67. The lowest BCUT2D eigenvalue weighted by Gasteiger charge is -1.95. The van der Waals surface area contributed by atoms with Gasteiger partial charge in [0.05, 0.1) is 6.20 Å². The van der Waals surface area contributed by atoms with Crippen LogP contribution in [0.3, 0.4) is 0 Å². The smallest absolute Gasteiger partial charge is 0.224 e. The lowest BCUT2D eigenvalue weighted by molar-refractivity contribution is 1.16. The van der Waals surface area contributed by atoms with Crippen molar-refractivity contribution < 1.29 is 0 Å². The minimum absolute atomic E-state index is 0.141. The van der Waals surface area contributed by atoms with Crippen LogP contribution in [-0.4, -0.2) is 27.8 Å². The number of fused-ring (bicyclic) bond motifs is 1. The maximum Gasteiger partial charge on any atom is 0.224 e. The van der Waals surface area contributed by atoms with Crippen LogP contribution < -0.4 is 5.59 Å². The zero-order valence-corrected chi connectivity index (χ0v) is 6.65. The van der Waals surface area contributed by atoms with Crippen LogP contribution in [0.2, 0.25) is 5.28 Å². The molecule has 0 atom stereocenters. The number of rotatable bonds is 0. The van der Waals surface area contributed by atoms with Crippen molar-refractivity contribution >= 4 is 36.2 Å². The monoisotopic (exact) mass is 176 g/mol. The molecule has 0 aliphatic heterocycles. The first kappa shape index (κ1) is 7.43. The minimum Gasteiger partial charge on any atom is -0.250 e. The lowest BCUT2D eigenvalue weighted by atomic mass is 10.1. The lowest BCUT2D eigenvalue weighted by Crippen LogP contribution is -2.09. The van der Waals surface area contributed by atoms with Crippen molar-refractivity contribution in [1.82, 2.24) is 19.9 Å². The molecule has 12 heavy (non-hydrogen) atoms. The highest BCUT2D eigenvalue weighted by atomic mass is 35.5. The van der Waals surface area contributed by atoms with Crippen molar-refractivity contribution in [2.75, 3.05) is 0 Å². The van der Waals surface area contributed by atoms with Crippen LogP contribution >= 0.6 is 11.6 Å². The highest BCUT2D eigenvalue weighted by molar-refractivity contribution is 6.31. The molecule has 0 saturated heterocycles. The van der Waals surface area contributed by atoms with Crippen molar-refractivity contribution in [3.63, 3.8) is 0 Å². The molecule has 0 fully saturated rings. The van der Waals surface area contributed by atoms with E-state index in [1.54, 1.807) is 0 Å². The molecule has 0 spiro atoms. The van der Waals surface area contributed by atoms with Gasteiger partial charge in [-0.05, 0) is 11.6 Å². The fourth-order valence-corrected chi connectivity index (χ4v) is 0.935. The normalized spacial score (nSPS) is 10.4. The first-order chi connectivity index (χ1) is 5.75. The average Bonchev–Trinajstić information content (AvgIpc) is 2.03. The van der Waals surface area contributed by atoms with E-state index in [4.69, 9.17) is 19.4 Å². The molecule has 56 valence electrons. The highest BCUT2D eigenvalue weighted by Crippen LogP contribution is 2.05. The largest absolute Gasteiger partial charge is 0.250 e. The molecule has 6 heteroatoms. The van der Waals surface area contributed by atoms with Crippen LogP contribution in [0.15, 0.2) is 12.4 Å². The van der Waals surface area contributed by atoms with Crippen LogP contribution in [-0.2, 0) is 0 Å². The van der Waals surface area contributed by atoms with Gasteiger partial charge in [-0.2, -0.15) is 4.98 Å². The maximum atomic E-state index is 5.54. The van der Waals surface area contributed by atoms with Gasteiger partial charge in [-0.15, -0.1) is 0 Å². The van der Waals surface area contributed by atoms with Gasteiger partial charge in [-0.1, -0.05) is 0 Å². The Balaban J connectivity index is 2.80. The van der Waals surface area contributed by atoms with Gasteiger partial charge in [0.25, 0.3) is 0 Å². The molecule has 0 unspecified atom stereocenters. The van der Waals surface area contributed by atoms with Crippen molar-refractivity contribution in [3.05, 3.63) is 17.7 Å². The van der Waals surface area contributed by atoms with Gasteiger partial charge in [0, 0.05) is 11.8 Å². The van der Waals surface area contributed by atoms with Gasteiger partial charge in [-0.3, -0.25) is 4.98 Å². The minimum atomic E-state index is 0.141. The fraction of sp³-hybridized carbons (Fsp3) is 0. The molecule has 0 amide bonds. The van der Waals surface area contributed by atoms with E-state index in [9.17, 15) is 0 Å². The third kappa shape index (κ3) is 1.23. The summed E-state index contributed by atoms with van der Waals surface area (Å²) in [5, 5.41) is 0.141. The quantitative estimate of drug-likeness (QED) is 0.414. The second-order valence-corrected chi connectivity index (χ2v) is 2.48. The SMILES string of the molecule is [B]c1cnc2cnc(Cl)nc2n1. The molecule has 0 aliphatic carbocycles. The van der Waals surface area contributed by atoms with E-state index in [2.05, 4.69) is 19.9 Å². The first-order valence-corrected chi connectivity index (χ1v) is 3.54. The Bertz CT molecular complexity index is 396. The number of halogens is 1. The summed E-state index contributed by atoms with van der Waals surface area (Å²) < 4.78 is 0. The molecule has 2 radical (unpaired) electrons. The fourth-order valence-electron chi connectivity index (χ4n) is 0.806. The first-order valence-electron chi connectivity index (χ1n) is 3.16. The highest BCUT2D eigenvalue weighted by Gasteiger charge is 1.99. The Morgan fingerprint density at radius 3 is 2.83 bits per heavy atom. The van der Waals surface area contributed by atoms with Crippen molar-refractivity contribution in [1.29, 1.82) is 0 Å². The van der Waals surface area contributed by atoms with Gasteiger partial charge in [0.15, 0.2) is 5.65 Å². The third-order valence-corrected chi connectivity index (χ3v) is 1.47. The topological polar surface area (TPSA) is 51.6 Å². The van der Waals surface area contributed by atoms with Crippen molar-refractivity contribution in [2.45, 2.75) is 0 Å². The molecule has 0 aliphatic rings. The van der Waals surface area contributed by atoms with E-state index in [1.165, 1.54) is 12.4 Å². The molecule has 2 rings (SSSR count). The van der Waals surface area contributed by atoms with E-state index in [1.807, 2.05) is 0 Å². The van der Waals surface area contributed by atoms with E-state index in [0.717, 1.165) is 0 Å². The van der Waals surface area contributed by atoms with Gasteiger partial charge in [-0.25, -0.2) is 9.97 Å². The van der Waals surface area contributed by atoms with Crippen LogP contribution in [0.1, 0.15) is 0 Å². The summed E-state index contributed by atoms with van der Waals surface area (Å²) in [6, 6.07) is 0. The Kier molecular flexibility index (Phi) is 1.66. The van der Waals surface area contributed by atoms with E-state index in [-0.39, 0.29) is 5.28 Å². The third-order valence-electron chi connectivity index (χ3n) is 1.29. The second-order valence-electron chi connectivity index (χ2n) is 2.14. The Morgan fingerprint density at radius 1 is 1.17 bits per heavy atom. The maximum absolute atomic E-state index is 5.54. The summed E-state index contributed by atoms with van der Waals surface area (Å²) >= 11 is 5.54. The van der Waals surface area contributed by atoms with E-state index >= 15 is 0 Å². The number of hydrogen-bond acceptors (Lipinski definition) is 4. The van der Waals surface area contributed by atoms with Crippen LogP contribution in [0.25, 0.3) is 11.2 Å². The van der Waals surface area contributed by atoms with Gasteiger partial charge < -0.3 is 0 Å². The van der Waals surface area contributed by atoms with Gasteiger partial charge in [0.2, 0.25) is 5.28 Å². The molecule has 2 aromatic heterocycles. The summed E-state index contributed by atoms with van der Waals surface area (Å²) in [4.78, 5) is 15.5. The summed E-state index contributed by atoms with van der Waals surface area (Å²) in [5.41, 5.74) is 1.31. The molecule has 4 nitrogen and oxygen atoms in total. The Hall–Kier alpha value is -1.23. The summed E-state index contributed by atoms with van der Waals surface area (Å²) in [6.45, 7) is 0. The Labute approximate surface area is 74.4 Å². The van der Waals surface area contributed by atoms with Crippen molar-refractivity contribution in [2.24, 2.45) is 0 Å². The standard InChI is InChI=1S/C6H2BClN4/c7-4-2-9-3-1-10-6(8)12-5(3)11-4/h1-2H. The van der Waals surface area contributed by atoms with Crippen LogP contribution in [0.5, 0.6) is 0 Å². The van der Waals surface area contributed by atoms with E-state index < -0.39 is 0 Å². The molecule has 2 heterocycles. The molecule has 0 N–H and O–H groups in total. The average molecular weight is 176 g/mol. The molecule has 2 aromatic rings. The molecule has 0 aromatic carbocycles. The molecular formula is C6H2BClN4. The molecule has 0 bridgehead atoms. The predicted octanol–water partition coefficient (Wildman–Crippen LogP) is -0.133. The predicted molar refractivity (Wildman–Crippen MR) is 45.5 cm³/mol. The molecule has 0 saturated carbocycles. The van der Waals surface area contributed by atoms with Gasteiger partial charge in [0.1, 0.15) is 13.4 Å². The van der Waals surface area contributed by atoms with Crippen LogP contribution in [0, 0.1) is 0 Å². The summed E-state index contributed by atoms with van der Waals surface area (Å²) in [7, 11) is 5.40. The van der Waals surface area contributed by atoms with E-state index in [0.29, 0.717) is 16.8 Å². The Morgan fingerprint density at radius 2 is 2.00 bits per heavy atom. The summed E-state index contributed by atoms with van der Waals surface area (Å²) in [6.07, 6.45) is 2.94. The molecular weight excluding hydrogens is 174 g/mol. The van der Waals surface area contributed by atoms with Gasteiger partial charge >= 0.3 is 0 Å².